The Bertz CT molecular complexity index is 1240. The van der Waals surface area contributed by atoms with Crippen molar-refractivity contribution < 1.29 is 9.45 Å². The molecule has 2 fully saturated rings. The van der Waals surface area contributed by atoms with Gasteiger partial charge in [-0.2, -0.15) is 4.98 Å². The van der Waals surface area contributed by atoms with Gasteiger partial charge in [-0.25, -0.2) is 4.98 Å². The second-order valence-corrected chi connectivity index (χ2v) is 10.4. The molecule has 2 aromatic heterocycles. The Balaban J connectivity index is 1.20. The molecule has 1 atom stereocenters. The van der Waals surface area contributed by atoms with Crippen molar-refractivity contribution in [3.8, 4) is 11.4 Å². The average Bonchev–Trinajstić information content (AvgIpc) is 3.45. The molecule has 2 saturated heterocycles. The van der Waals surface area contributed by atoms with Crippen molar-refractivity contribution >= 4 is 34.7 Å². The summed E-state index contributed by atoms with van der Waals surface area (Å²) in [5, 5.41) is 16.0. The Morgan fingerprint density at radius 2 is 1.95 bits per heavy atom. The van der Waals surface area contributed by atoms with Crippen LogP contribution in [0.1, 0.15) is 31.7 Å². The molecule has 0 aliphatic carbocycles. The van der Waals surface area contributed by atoms with Gasteiger partial charge in [0.1, 0.15) is 12.0 Å². The van der Waals surface area contributed by atoms with E-state index in [4.69, 9.17) is 27.7 Å². The number of halogens is 2. The molecule has 3 aromatic rings. The highest BCUT2D eigenvalue weighted by Crippen LogP contribution is 2.32. The first-order valence-electron chi connectivity index (χ1n) is 12.5. The van der Waals surface area contributed by atoms with Crippen molar-refractivity contribution in [3.63, 3.8) is 0 Å². The third-order valence-corrected chi connectivity index (χ3v) is 7.92. The summed E-state index contributed by atoms with van der Waals surface area (Å²) in [6.45, 7) is 7.54. The second kappa shape index (κ2) is 11.3. The van der Waals surface area contributed by atoms with Crippen LogP contribution < -0.4 is 4.90 Å². The van der Waals surface area contributed by atoms with Crippen LogP contribution in [0.5, 0.6) is 0 Å². The Labute approximate surface area is 225 Å². The zero-order valence-corrected chi connectivity index (χ0v) is 22.1. The fourth-order valence-corrected chi connectivity index (χ4v) is 5.95. The van der Waals surface area contributed by atoms with Crippen LogP contribution in [0.15, 0.2) is 41.4 Å². The third-order valence-electron chi connectivity index (χ3n) is 7.41. The van der Waals surface area contributed by atoms with E-state index in [2.05, 4.69) is 36.7 Å². The molecule has 0 N–H and O–H groups in total. The number of anilines is 1. The maximum Gasteiger partial charge on any atom is 0.289 e. The maximum absolute atomic E-state index is 11.0. The number of benzene rings is 1. The molecule has 10 nitrogen and oxygen atoms in total. The number of hydrogen-bond acceptors (Lipinski definition) is 9. The number of piperidine rings is 1. The van der Waals surface area contributed by atoms with Crippen molar-refractivity contribution in [2.45, 2.75) is 44.8 Å². The molecule has 0 spiro atoms. The van der Waals surface area contributed by atoms with Crippen LogP contribution in [0.2, 0.25) is 10.0 Å². The molecule has 2 aliphatic heterocycles. The third kappa shape index (κ3) is 5.72. The van der Waals surface area contributed by atoms with Gasteiger partial charge in [0.05, 0.1) is 9.95 Å². The van der Waals surface area contributed by atoms with E-state index in [1.54, 1.807) is 0 Å². The molecular formula is C25H29Cl2N7O3. The average molecular weight is 546 g/mol. The highest BCUT2D eigenvalue weighted by molar-refractivity contribution is 6.33. The van der Waals surface area contributed by atoms with Gasteiger partial charge in [-0.1, -0.05) is 41.3 Å². The minimum Gasteiger partial charge on any atom is -0.353 e. The van der Waals surface area contributed by atoms with Gasteiger partial charge in [0.25, 0.3) is 5.69 Å². The van der Waals surface area contributed by atoms with Crippen molar-refractivity contribution in [1.82, 2.24) is 24.9 Å². The predicted octanol–water partition coefficient (Wildman–Crippen LogP) is 4.91. The summed E-state index contributed by atoms with van der Waals surface area (Å²) in [6.07, 6.45) is 5.83. The smallest absolute Gasteiger partial charge is 0.289 e. The van der Waals surface area contributed by atoms with E-state index in [-0.39, 0.29) is 5.69 Å². The molecule has 0 saturated carbocycles. The Kier molecular flexibility index (Phi) is 7.89. The first-order chi connectivity index (χ1) is 17.9. The SMILES string of the molecule is CCC1CN(c2ncc([N+](=O)[O-])cc2Cl)CCN1C1CCN(Cc2ccc(Cl)cc2-c2ncon2)CC1. The van der Waals surface area contributed by atoms with Crippen LogP contribution in [-0.4, -0.2) is 74.7 Å². The summed E-state index contributed by atoms with van der Waals surface area (Å²) in [4.78, 5) is 26.4. The van der Waals surface area contributed by atoms with E-state index in [0.717, 1.165) is 69.7 Å². The quantitative estimate of drug-likeness (QED) is 0.302. The molecule has 0 bridgehead atoms. The van der Waals surface area contributed by atoms with E-state index in [9.17, 15) is 10.1 Å². The van der Waals surface area contributed by atoms with Crippen LogP contribution in [0.25, 0.3) is 11.4 Å². The molecule has 0 amide bonds. The van der Waals surface area contributed by atoms with Gasteiger partial charge in [0.2, 0.25) is 12.2 Å². The van der Waals surface area contributed by atoms with Crippen molar-refractivity contribution in [2.24, 2.45) is 0 Å². The summed E-state index contributed by atoms with van der Waals surface area (Å²) in [5.74, 6) is 1.18. The zero-order chi connectivity index (χ0) is 25.9. The maximum atomic E-state index is 11.0. The number of pyridine rings is 1. The highest BCUT2D eigenvalue weighted by Gasteiger charge is 2.34. The number of nitrogens with zero attached hydrogens (tertiary/aromatic N) is 7. The first-order valence-corrected chi connectivity index (χ1v) is 13.3. The number of likely N-dealkylation sites (tertiary alicyclic amines) is 1. The van der Waals surface area contributed by atoms with E-state index in [0.29, 0.717) is 33.8 Å². The Hall–Kier alpha value is -2.79. The molecule has 196 valence electrons. The number of piperazine rings is 1. The van der Waals surface area contributed by atoms with Crippen molar-refractivity contribution in [2.75, 3.05) is 37.6 Å². The lowest BCUT2D eigenvalue weighted by Crippen LogP contribution is -2.58. The number of hydrogen-bond donors (Lipinski definition) is 0. The monoisotopic (exact) mass is 545 g/mol. The lowest BCUT2D eigenvalue weighted by molar-refractivity contribution is -0.385. The van der Waals surface area contributed by atoms with E-state index >= 15 is 0 Å². The van der Waals surface area contributed by atoms with Gasteiger partial charge in [-0.15, -0.1) is 0 Å². The minimum absolute atomic E-state index is 0.0887. The molecule has 4 heterocycles. The lowest BCUT2D eigenvalue weighted by atomic mass is 9.97. The largest absolute Gasteiger partial charge is 0.353 e. The van der Waals surface area contributed by atoms with E-state index < -0.39 is 4.92 Å². The molecule has 5 rings (SSSR count). The lowest BCUT2D eigenvalue weighted by Gasteiger charge is -2.47. The Morgan fingerprint density at radius 1 is 1.14 bits per heavy atom. The van der Waals surface area contributed by atoms with E-state index in [1.807, 2.05) is 18.2 Å². The van der Waals surface area contributed by atoms with Crippen molar-refractivity contribution in [3.05, 3.63) is 62.6 Å². The van der Waals surface area contributed by atoms with Crippen molar-refractivity contribution in [1.29, 1.82) is 0 Å². The fourth-order valence-electron chi connectivity index (χ4n) is 5.49. The normalized spacial score (nSPS) is 19.9. The van der Waals surface area contributed by atoms with Crippen LogP contribution in [0, 0.1) is 10.1 Å². The van der Waals surface area contributed by atoms with Gasteiger partial charge < -0.3 is 9.42 Å². The van der Waals surface area contributed by atoms with Crippen LogP contribution >= 0.6 is 23.2 Å². The molecular weight excluding hydrogens is 517 g/mol. The number of rotatable bonds is 7. The summed E-state index contributed by atoms with van der Waals surface area (Å²) in [5.41, 5.74) is 1.95. The highest BCUT2D eigenvalue weighted by atomic mass is 35.5. The van der Waals surface area contributed by atoms with Crippen LogP contribution in [-0.2, 0) is 6.54 Å². The minimum atomic E-state index is -0.471. The molecule has 1 unspecified atom stereocenters. The van der Waals surface area contributed by atoms with E-state index in [1.165, 1.54) is 18.7 Å². The topological polar surface area (TPSA) is 105 Å². The summed E-state index contributed by atoms with van der Waals surface area (Å²) >= 11 is 12.6. The van der Waals surface area contributed by atoms with Crippen LogP contribution in [0.4, 0.5) is 11.5 Å². The van der Waals surface area contributed by atoms with Gasteiger partial charge in [-0.3, -0.25) is 19.9 Å². The summed E-state index contributed by atoms with van der Waals surface area (Å²) in [7, 11) is 0. The number of aromatic nitrogens is 3. The Morgan fingerprint density at radius 3 is 2.62 bits per heavy atom. The standard InChI is InChI=1S/C25H29Cl2N7O3/c1-2-19-15-32(25-23(27)12-21(13-28-25)34(35)36)9-10-33(19)20-5-7-31(8-6-20)14-17-3-4-18(26)11-22(17)24-29-16-37-30-24/h3-4,11-13,16,19-20H,2,5-10,14-15H2,1H3. The zero-order valence-electron chi connectivity index (χ0n) is 20.6. The molecule has 0 radical (unpaired) electrons. The predicted molar refractivity (Wildman–Crippen MR) is 142 cm³/mol. The number of nitro groups is 1. The van der Waals surface area contributed by atoms with Gasteiger partial charge in [-0.05, 0) is 50.0 Å². The second-order valence-electron chi connectivity index (χ2n) is 9.57. The van der Waals surface area contributed by atoms with Gasteiger partial charge in [0, 0.05) is 54.9 Å². The molecule has 2 aliphatic rings. The van der Waals surface area contributed by atoms with Gasteiger partial charge in [0.15, 0.2) is 0 Å². The fraction of sp³-hybridized carbons (Fsp3) is 0.480. The molecule has 12 heteroatoms. The summed E-state index contributed by atoms with van der Waals surface area (Å²) < 4.78 is 4.95. The first kappa shape index (κ1) is 25.8. The van der Waals surface area contributed by atoms with Crippen LogP contribution in [0.3, 0.4) is 0 Å². The molecule has 1 aromatic carbocycles. The summed E-state index contributed by atoms with van der Waals surface area (Å²) in [6, 6.07) is 8.13. The van der Waals surface area contributed by atoms with Gasteiger partial charge >= 0.3 is 0 Å². The molecule has 37 heavy (non-hydrogen) atoms.